The lowest BCUT2D eigenvalue weighted by Crippen LogP contribution is -2.43. The van der Waals surface area contributed by atoms with E-state index in [2.05, 4.69) is 20.1 Å². The molecule has 4 atom stereocenters. The summed E-state index contributed by atoms with van der Waals surface area (Å²) in [5.41, 5.74) is -1.57. The second kappa shape index (κ2) is 6.45. The number of amides is 1. The molecule has 3 aromatic heterocycles. The van der Waals surface area contributed by atoms with Crippen LogP contribution in [-0.2, 0) is 11.6 Å². The molecule has 7 nitrogen and oxygen atoms in total. The molecule has 4 aliphatic rings. The van der Waals surface area contributed by atoms with E-state index in [9.17, 15) is 26.7 Å². The summed E-state index contributed by atoms with van der Waals surface area (Å²) in [6.07, 6.45) is -4.19. The fraction of sp³-hybridized carbons (Fsp3) is 0.476. The van der Waals surface area contributed by atoms with Gasteiger partial charge in [-0.15, -0.1) is 0 Å². The van der Waals surface area contributed by atoms with E-state index in [4.69, 9.17) is 0 Å². The van der Waals surface area contributed by atoms with E-state index in [1.807, 2.05) is 0 Å². The number of nitrogens with zero attached hydrogens (tertiary/aromatic N) is 6. The Morgan fingerprint density at radius 2 is 1.97 bits per heavy atom. The predicted octanol–water partition coefficient (Wildman–Crippen LogP) is 3.73. The van der Waals surface area contributed by atoms with Crippen molar-refractivity contribution in [3.05, 3.63) is 52.9 Å². The van der Waals surface area contributed by atoms with Crippen LogP contribution in [0.15, 0.2) is 24.5 Å². The second-order valence-corrected chi connectivity index (χ2v) is 8.96. The Balaban J connectivity index is 1.42. The average molecular weight is 464 g/mol. The molecule has 5 heterocycles. The van der Waals surface area contributed by atoms with Crippen molar-refractivity contribution >= 4 is 11.7 Å². The number of hydrogen-bond acceptors (Lipinski definition) is 5. The number of piperidine rings is 2. The van der Waals surface area contributed by atoms with Crippen LogP contribution in [0.5, 0.6) is 0 Å². The molecule has 0 radical (unpaired) electrons. The molecular formula is C21H17F5N6O. The van der Waals surface area contributed by atoms with Crippen LogP contribution in [0, 0.1) is 12.8 Å². The van der Waals surface area contributed by atoms with Gasteiger partial charge in [0.15, 0.2) is 0 Å². The topological polar surface area (TPSA) is 76.3 Å². The summed E-state index contributed by atoms with van der Waals surface area (Å²) in [5, 5.41) is 4.16. The smallest absolute Gasteiger partial charge is 0.331 e. The highest BCUT2D eigenvalue weighted by Gasteiger charge is 2.77. The second-order valence-electron chi connectivity index (χ2n) is 8.96. The van der Waals surface area contributed by atoms with Gasteiger partial charge in [0, 0.05) is 28.8 Å². The summed E-state index contributed by atoms with van der Waals surface area (Å²) in [7, 11) is 0. The quantitative estimate of drug-likeness (QED) is 0.553. The van der Waals surface area contributed by atoms with Gasteiger partial charge < -0.3 is 4.90 Å². The molecular weight excluding hydrogens is 447 g/mol. The number of hydrogen-bond donors (Lipinski definition) is 0. The molecule has 7 rings (SSSR count). The van der Waals surface area contributed by atoms with E-state index in [0.717, 1.165) is 12.5 Å². The number of aromatic nitrogens is 5. The zero-order valence-electron chi connectivity index (χ0n) is 17.2. The maximum atomic E-state index is 13.5. The average Bonchev–Trinajstić information content (AvgIpc) is 3.06. The SMILES string of the molecule is Cc1cc(C(=O)N2[C@@H]3CC[C@@H]4[C@H]2C4(c2cc(C(F)F)nc4ncnn24)C3)cc(C(F)(F)F)n1. The molecule has 3 aromatic rings. The molecule has 2 aliphatic carbocycles. The fourth-order valence-corrected chi connectivity index (χ4v) is 6.05. The maximum absolute atomic E-state index is 13.5. The van der Waals surface area contributed by atoms with Gasteiger partial charge in [-0.2, -0.15) is 23.3 Å². The number of alkyl halides is 5. The minimum atomic E-state index is -4.67. The van der Waals surface area contributed by atoms with Crippen LogP contribution in [0.3, 0.4) is 0 Å². The van der Waals surface area contributed by atoms with Crippen LogP contribution in [0.4, 0.5) is 22.0 Å². The van der Waals surface area contributed by atoms with Gasteiger partial charge in [-0.3, -0.25) is 4.79 Å². The maximum Gasteiger partial charge on any atom is 0.433 e. The highest BCUT2D eigenvalue weighted by atomic mass is 19.4. The molecule has 172 valence electrons. The van der Waals surface area contributed by atoms with Gasteiger partial charge in [-0.25, -0.2) is 23.3 Å². The van der Waals surface area contributed by atoms with Crippen molar-refractivity contribution in [2.45, 2.75) is 56.3 Å². The summed E-state index contributed by atoms with van der Waals surface area (Å²) in [4.78, 5) is 26.4. The Hall–Kier alpha value is -3.18. The van der Waals surface area contributed by atoms with Crippen LogP contribution in [0.25, 0.3) is 5.78 Å². The molecule has 1 unspecified atom stereocenters. The van der Waals surface area contributed by atoms with Crippen molar-refractivity contribution in [1.82, 2.24) is 29.5 Å². The normalized spacial score (nSPS) is 28.1. The van der Waals surface area contributed by atoms with Crippen LogP contribution in [0.1, 0.15) is 58.8 Å². The third kappa shape index (κ3) is 2.75. The lowest BCUT2D eigenvalue weighted by Gasteiger charge is -2.34. The van der Waals surface area contributed by atoms with Crippen LogP contribution in [0.2, 0.25) is 0 Å². The Kier molecular flexibility index (Phi) is 3.99. The van der Waals surface area contributed by atoms with Crippen molar-refractivity contribution in [2.75, 3.05) is 0 Å². The molecule has 0 aromatic carbocycles. The van der Waals surface area contributed by atoms with Crippen molar-refractivity contribution in [3.63, 3.8) is 0 Å². The number of carbonyl (C=O) groups is 1. The summed E-state index contributed by atoms with van der Waals surface area (Å²) in [5.74, 6) is -0.428. The summed E-state index contributed by atoms with van der Waals surface area (Å²) >= 11 is 0. The molecule has 4 fully saturated rings. The first-order valence-corrected chi connectivity index (χ1v) is 10.5. The van der Waals surface area contributed by atoms with Gasteiger partial charge in [-0.05, 0) is 50.3 Å². The minimum absolute atomic E-state index is 0.0109. The molecule has 2 aliphatic heterocycles. The summed E-state index contributed by atoms with van der Waals surface area (Å²) in [6.45, 7) is 1.41. The lowest BCUT2D eigenvalue weighted by molar-refractivity contribution is -0.141. The summed E-state index contributed by atoms with van der Waals surface area (Å²) < 4.78 is 68.2. The van der Waals surface area contributed by atoms with Crippen molar-refractivity contribution < 1.29 is 26.7 Å². The van der Waals surface area contributed by atoms with E-state index in [1.54, 1.807) is 4.90 Å². The van der Waals surface area contributed by atoms with E-state index >= 15 is 0 Å². The Morgan fingerprint density at radius 3 is 2.67 bits per heavy atom. The van der Waals surface area contributed by atoms with Gasteiger partial charge in [0.2, 0.25) is 0 Å². The van der Waals surface area contributed by atoms with Crippen LogP contribution >= 0.6 is 0 Å². The van der Waals surface area contributed by atoms with Gasteiger partial charge in [0.25, 0.3) is 18.1 Å². The summed E-state index contributed by atoms with van der Waals surface area (Å²) in [6, 6.07) is 2.96. The standard InChI is InChI=1S/C21H17F5N6O/c1-9-4-10(5-14(29-9)21(24,25)26)18(33)31-11-2-3-12-16(31)20(12,7-11)15-6-13(17(22)23)30-19-27-8-28-32(15)19/h4-6,8,11-12,16-17H,2-3,7H2,1H3/t11-,12-,16+,20?/m1/s1. The number of carbonyl (C=O) groups excluding carboxylic acids is 1. The Bertz CT molecular complexity index is 1310. The largest absolute Gasteiger partial charge is 0.433 e. The van der Waals surface area contributed by atoms with E-state index in [1.165, 1.54) is 29.9 Å². The first-order valence-electron chi connectivity index (χ1n) is 10.5. The molecule has 4 bridgehead atoms. The van der Waals surface area contributed by atoms with E-state index in [0.29, 0.717) is 18.5 Å². The van der Waals surface area contributed by atoms with E-state index < -0.39 is 35.3 Å². The molecule has 2 saturated carbocycles. The molecule has 12 heteroatoms. The number of fused-ring (bicyclic) bond motifs is 2. The number of pyridine rings is 1. The monoisotopic (exact) mass is 464 g/mol. The van der Waals surface area contributed by atoms with Crippen molar-refractivity contribution in [2.24, 2.45) is 5.92 Å². The molecule has 0 N–H and O–H groups in total. The van der Waals surface area contributed by atoms with Crippen molar-refractivity contribution in [3.8, 4) is 0 Å². The molecule has 0 spiro atoms. The zero-order chi connectivity index (χ0) is 23.3. The molecule has 1 amide bonds. The van der Waals surface area contributed by atoms with E-state index in [-0.39, 0.29) is 35.0 Å². The number of aryl methyl sites for hydroxylation is 1. The van der Waals surface area contributed by atoms with Crippen molar-refractivity contribution in [1.29, 1.82) is 0 Å². The molecule has 33 heavy (non-hydrogen) atoms. The third-order valence-corrected chi connectivity index (χ3v) is 7.24. The zero-order valence-corrected chi connectivity index (χ0v) is 17.2. The van der Waals surface area contributed by atoms with Gasteiger partial charge >= 0.3 is 6.18 Å². The van der Waals surface area contributed by atoms with Crippen LogP contribution in [-0.4, -0.2) is 47.5 Å². The highest BCUT2D eigenvalue weighted by molar-refractivity contribution is 5.96. The van der Waals surface area contributed by atoms with Gasteiger partial charge in [0.1, 0.15) is 17.7 Å². The Morgan fingerprint density at radius 1 is 1.18 bits per heavy atom. The number of rotatable bonds is 3. The number of halogens is 5. The van der Waals surface area contributed by atoms with Crippen LogP contribution < -0.4 is 0 Å². The molecule has 2 saturated heterocycles. The highest BCUT2D eigenvalue weighted by Crippen LogP contribution is 2.70. The fourth-order valence-electron chi connectivity index (χ4n) is 6.05. The predicted molar refractivity (Wildman–Crippen MR) is 102 cm³/mol. The lowest BCUT2D eigenvalue weighted by atomic mass is 9.83. The first kappa shape index (κ1) is 20.4. The van der Waals surface area contributed by atoms with Gasteiger partial charge in [-0.1, -0.05) is 0 Å². The van der Waals surface area contributed by atoms with Gasteiger partial charge in [0.05, 0.1) is 5.69 Å². The minimum Gasteiger partial charge on any atom is -0.331 e. The Labute approximate surface area is 183 Å². The third-order valence-electron chi connectivity index (χ3n) is 7.24. The first-order chi connectivity index (χ1) is 15.6.